The molecule has 0 amide bonds. The number of rotatable bonds is 5. The van der Waals surface area contributed by atoms with Crippen LogP contribution in [-0.4, -0.2) is 12.1 Å². The second-order valence-corrected chi connectivity index (χ2v) is 4.56. The summed E-state index contributed by atoms with van der Waals surface area (Å²) in [5, 5.41) is 12.4. The molecular weight excluding hydrogens is 250 g/mol. The smallest absolute Gasteiger partial charge is 0.136 e. The van der Waals surface area contributed by atoms with Crippen molar-refractivity contribution >= 4 is 0 Å². The van der Waals surface area contributed by atoms with Crippen molar-refractivity contribution in [2.75, 3.05) is 7.11 Å². The molecule has 20 heavy (non-hydrogen) atoms. The molecule has 1 heterocycles. The molecular formula is C16H17N3O. The second-order valence-electron chi connectivity index (χ2n) is 4.56. The maximum Gasteiger partial charge on any atom is 0.136 e. The first-order valence-electron chi connectivity index (χ1n) is 6.42. The fourth-order valence-electron chi connectivity index (χ4n) is 1.91. The molecule has 0 saturated heterocycles. The molecule has 1 N–H and O–H groups in total. The summed E-state index contributed by atoms with van der Waals surface area (Å²) in [6, 6.07) is 11.8. The molecule has 102 valence electrons. The second kappa shape index (κ2) is 6.69. The molecule has 1 aromatic heterocycles. The fourth-order valence-corrected chi connectivity index (χ4v) is 1.91. The van der Waals surface area contributed by atoms with E-state index in [9.17, 15) is 0 Å². The van der Waals surface area contributed by atoms with Crippen LogP contribution >= 0.6 is 0 Å². The zero-order valence-electron chi connectivity index (χ0n) is 11.7. The summed E-state index contributed by atoms with van der Waals surface area (Å²) in [5.74, 6) is 0.610. The normalized spacial score (nSPS) is 10.1. The molecule has 0 radical (unpaired) electrons. The average Bonchev–Trinajstić information content (AvgIpc) is 2.49. The maximum absolute atomic E-state index is 9.04. The Kier molecular flexibility index (Phi) is 4.70. The Bertz CT molecular complexity index is 615. The van der Waals surface area contributed by atoms with Gasteiger partial charge in [-0.1, -0.05) is 12.1 Å². The van der Waals surface area contributed by atoms with Gasteiger partial charge in [-0.05, 0) is 36.2 Å². The Morgan fingerprint density at radius 3 is 2.60 bits per heavy atom. The van der Waals surface area contributed by atoms with Crippen LogP contribution in [0.2, 0.25) is 0 Å². The lowest BCUT2D eigenvalue weighted by Gasteiger charge is -2.07. The van der Waals surface area contributed by atoms with Crippen LogP contribution in [0.5, 0.6) is 5.75 Å². The van der Waals surface area contributed by atoms with Gasteiger partial charge in [-0.25, -0.2) is 0 Å². The molecule has 1 aromatic carbocycles. The van der Waals surface area contributed by atoms with Gasteiger partial charge in [-0.2, -0.15) is 5.26 Å². The summed E-state index contributed by atoms with van der Waals surface area (Å²) in [6.07, 6.45) is 1.87. The van der Waals surface area contributed by atoms with Crippen LogP contribution in [0, 0.1) is 18.3 Å². The minimum atomic E-state index is 0.559. The summed E-state index contributed by atoms with van der Waals surface area (Å²) in [4.78, 5) is 4.26. The van der Waals surface area contributed by atoms with Gasteiger partial charge in [0.05, 0.1) is 12.7 Å². The molecule has 0 bridgehead atoms. The van der Waals surface area contributed by atoms with Gasteiger partial charge in [0, 0.05) is 25.0 Å². The standard InChI is InChI=1S/C16H17N3O/c1-12-3-4-14(11-19-12)10-18-9-13-5-6-16(20-2)15(7-13)8-17/h3-7,11,18H,9-10H2,1-2H3. The number of aryl methyl sites for hydroxylation is 1. The number of hydrogen-bond donors (Lipinski definition) is 1. The number of hydrogen-bond acceptors (Lipinski definition) is 4. The van der Waals surface area contributed by atoms with Gasteiger partial charge in [-0.15, -0.1) is 0 Å². The predicted octanol–water partition coefficient (Wildman–Crippen LogP) is 2.56. The highest BCUT2D eigenvalue weighted by molar-refractivity contribution is 5.45. The van der Waals surface area contributed by atoms with Crippen molar-refractivity contribution in [1.29, 1.82) is 5.26 Å². The number of ether oxygens (including phenoxy) is 1. The number of nitriles is 1. The van der Waals surface area contributed by atoms with Gasteiger partial charge in [-0.3, -0.25) is 4.98 Å². The quantitative estimate of drug-likeness (QED) is 0.904. The third kappa shape index (κ3) is 3.56. The lowest BCUT2D eigenvalue weighted by atomic mass is 10.1. The largest absolute Gasteiger partial charge is 0.495 e. The van der Waals surface area contributed by atoms with Gasteiger partial charge in [0.1, 0.15) is 11.8 Å². The average molecular weight is 267 g/mol. The lowest BCUT2D eigenvalue weighted by Crippen LogP contribution is -2.13. The van der Waals surface area contributed by atoms with Gasteiger partial charge < -0.3 is 10.1 Å². The van der Waals surface area contributed by atoms with Gasteiger partial charge in [0.15, 0.2) is 0 Å². The molecule has 0 unspecified atom stereocenters. The van der Waals surface area contributed by atoms with E-state index in [-0.39, 0.29) is 0 Å². The number of aromatic nitrogens is 1. The van der Waals surface area contributed by atoms with E-state index in [2.05, 4.69) is 22.4 Å². The summed E-state index contributed by atoms with van der Waals surface area (Å²) in [5.41, 5.74) is 3.78. The van der Waals surface area contributed by atoms with Crippen LogP contribution in [0.3, 0.4) is 0 Å². The minimum absolute atomic E-state index is 0.559. The highest BCUT2D eigenvalue weighted by Crippen LogP contribution is 2.18. The summed E-state index contributed by atoms with van der Waals surface area (Å²) < 4.78 is 5.13. The Morgan fingerprint density at radius 1 is 1.20 bits per heavy atom. The molecule has 0 atom stereocenters. The van der Waals surface area contributed by atoms with E-state index in [0.29, 0.717) is 17.9 Å². The summed E-state index contributed by atoms with van der Waals surface area (Å²) in [7, 11) is 1.57. The number of pyridine rings is 1. The van der Waals surface area contributed by atoms with E-state index >= 15 is 0 Å². The Morgan fingerprint density at radius 2 is 1.95 bits per heavy atom. The number of methoxy groups -OCH3 is 1. The molecule has 4 heteroatoms. The van der Waals surface area contributed by atoms with Crippen molar-refractivity contribution in [2.24, 2.45) is 0 Å². The van der Waals surface area contributed by atoms with Crippen LogP contribution in [0.4, 0.5) is 0 Å². The lowest BCUT2D eigenvalue weighted by molar-refractivity contribution is 0.413. The van der Waals surface area contributed by atoms with Crippen LogP contribution in [0.25, 0.3) is 0 Å². The van der Waals surface area contributed by atoms with Crippen molar-refractivity contribution < 1.29 is 4.74 Å². The molecule has 0 spiro atoms. The van der Waals surface area contributed by atoms with E-state index in [0.717, 1.165) is 23.4 Å². The Labute approximate surface area is 119 Å². The summed E-state index contributed by atoms with van der Waals surface area (Å²) in [6.45, 7) is 3.42. The van der Waals surface area contributed by atoms with Gasteiger partial charge in [0.25, 0.3) is 0 Å². The Balaban J connectivity index is 1.94. The Hall–Kier alpha value is -2.38. The van der Waals surface area contributed by atoms with Gasteiger partial charge in [0.2, 0.25) is 0 Å². The zero-order chi connectivity index (χ0) is 14.4. The molecule has 0 saturated carbocycles. The third-order valence-electron chi connectivity index (χ3n) is 3.02. The first-order valence-corrected chi connectivity index (χ1v) is 6.42. The molecule has 4 nitrogen and oxygen atoms in total. The van der Waals surface area contributed by atoms with Crippen molar-refractivity contribution in [2.45, 2.75) is 20.0 Å². The van der Waals surface area contributed by atoms with E-state index in [1.807, 2.05) is 37.4 Å². The van der Waals surface area contributed by atoms with Gasteiger partial charge >= 0.3 is 0 Å². The molecule has 0 aliphatic rings. The highest BCUT2D eigenvalue weighted by Gasteiger charge is 2.03. The van der Waals surface area contributed by atoms with Crippen molar-refractivity contribution in [3.8, 4) is 11.8 Å². The van der Waals surface area contributed by atoms with E-state index in [1.165, 1.54) is 0 Å². The number of nitrogens with zero attached hydrogens (tertiary/aromatic N) is 2. The van der Waals surface area contributed by atoms with E-state index < -0.39 is 0 Å². The number of nitrogens with one attached hydrogen (secondary N) is 1. The summed E-state index contributed by atoms with van der Waals surface area (Å²) >= 11 is 0. The monoisotopic (exact) mass is 267 g/mol. The topological polar surface area (TPSA) is 57.9 Å². The highest BCUT2D eigenvalue weighted by atomic mass is 16.5. The van der Waals surface area contributed by atoms with Crippen LogP contribution < -0.4 is 10.1 Å². The molecule has 0 fully saturated rings. The first kappa shape index (κ1) is 14.0. The first-order chi connectivity index (χ1) is 9.72. The molecule has 2 aromatic rings. The van der Waals surface area contributed by atoms with Crippen molar-refractivity contribution in [3.05, 3.63) is 58.9 Å². The van der Waals surface area contributed by atoms with Crippen LogP contribution in [0.1, 0.15) is 22.4 Å². The molecule has 2 rings (SSSR count). The molecule has 0 aliphatic heterocycles. The SMILES string of the molecule is COc1ccc(CNCc2ccc(C)nc2)cc1C#N. The minimum Gasteiger partial charge on any atom is -0.495 e. The van der Waals surface area contributed by atoms with Crippen molar-refractivity contribution in [3.63, 3.8) is 0 Å². The van der Waals surface area contributed by atoms with Crippen molar-refractivity contribution in [1.82, 2.24) is 10.3 Å². The maximum atomic E-state index is 9.04. The fraction of sp³-hybridized carbons (Fsp3) is 0.250. The van der Waals surface area contributed by atoms with Crippen LogP contribution in [-0.2, 0) is 13.1 Å². The zero-order valence-corrected chi connectivity index (χ0v) is 11.7. The predicted molar refractivity (Wildman–Crippen MR) is 77.2 cm³/mol. The van der Waals surface area contributed by atoms with E-state index in [1.54, 1.807) is 7.11 Å². The van der Waals surface area contributed by atoms with E-state index in [4.69, 9.17) is 10.00 Å². The number of benzene rings is 1. The molecule has 0 aliphatic carbocycles. The van der Waals surface area contributed by atoms with Crippen LogP contribution in [0.15, 0.2) is 36.5 Å². The third-order valence-corrected chi connectivity index (χ3v) is 3.02.